The number of nitrogen functional groups attached to an aromatic ring is 2. The molecule has 0 unspecified atom stereocenters. The summed E-state index contributed by atoms with van der Waals surface area (Å²) in [6, 6.07) is 15.7. The molecule has 0 bridgehead atoms. The van der Waals surface area contributed by atoms with Crippen molar-refractivity contribution in [2.24, 2.45) is 0 Å². The average Bonchev–Trinajstić information content (AvgIpc) is 2.32. The van der Waals surface area contributed by atoms with Crippen LogP contribution in [0.4, 0.5) is 11.4 Å². The first-order chi connectivity index (χ1) is 7.77. The Labute approximate surface area is 152 Å². The van der Waals surface area contributed by atoms with E-state index in [4.69, 9.17) is 11.5 Å². The van der Waals surface area contributed by atoms with Crippen molar-refractivity contribution in [1.29, 1.82) is 0 Å². The summed E-state index contributed by atoms with van der Waals surface area (Å²) in [6.45, 7) is 0. The van der Waals surface area contributed by atoms with Gasteiger partial charge >= 0.3 is 59.1 Å². The zero-order valence-electron chi connectivity index (χ0n) is 8.93. The fraction of sp³-hybridized carbons (Fsp3) is 0. The molecule has 84 valence electrons. The van der Waals surface area contributed by atoms with Gasteiger partial charge in [0.2, 0.25) is 0 Å². The molecule has 0 aliphatic rings. The van der Waals surface area contributed by atoms with Crippen molar-refractivity contribution in [3.63, 3.8) is 0 Å². The van der Waals surface area contributed by atoms with Gasteiger partial charge in [0, 0.05) is 0 Å². The first-order valence-electron chi connectivity index (χ1n) is 5.14. The minimum atomic E-state index is 0. The molecule has 2 rings (SSSR count). The summed E-state index contributed by atoms with van der Waals surface area (Å²) in [4.78, 5) is 0. The topological polar surface area (TPSA) is 52.0 Å². The van der Waals surface area contributed by atoms with Crippen LogP contribution in [0.3, 0.4) is 0 Å². The van der Waals surface area contributed by atoms with Gasteiger partial charge in [-0.1, -0.05) is 54.6 Å². The minimum absolute atomic E-state index is 0. The summed E-state index contributed by atoms with van der Waals surface area (Å²) < 4.78 is 0. The van der Waals surface area contributed by atoms with Gasteiger partial charge in [-0.3, -0.25) is 0 Å². The molecule has 2 aromatic rings. The van der Waals surface area contributed by atoms with Crippen LogP contribution in [0.15, 0.2) is 48.5 Å². The van der Waals surface area contributed by atoms with E-state index in [-0.39, 0.29) is 59.1 Å². The molecule has 0 spiro atoms. The predicted octanol–water partition coefficient (Wildman–Crippen LogP) is 1.72. The molecule has 0 heterocycles. The summed E-state index contributed by atoms with van der Waals surface area (Å²) >= 11 is 0. The van der Waals surface area contributed by atoms with Crippen LogP contribution in [-0.4, -0.2) is 59.1 Å². The molecule has 0 atom stereocenters. The molecule has 0 radical (unpaired) electrons. The van der Waals surface area contributed by atoms with E-state index >= 15 is 0 Å². The summed E-state index contributed by atoms with van der Waals surface area (Å²) in [5, 5.41) is 0. The van der Waals surface area contributed by atoms with Gasteiger partial charge in [-0.2, -0.15) is 0 Å². The number of hydrogen-bond donors (Lipinski definition) is 2. The van der Waals surface area contributed by atoms with Crippen molar-refractivity contribution in [2.45, 2.75) is 0 Å². The van der Waals surface area contributed by atoms with E-state index < -0.39 is 0 Å². The molecule has 0 aliphatic carbocycles. The summed E-state index contributed by atoms with van der Waals surface area (Å²) in [5.74, 6) is 0. The van der Waals surface area contributed by atoms with Crippen LogP contribution in [0.1, 0.15) is 11.1 Å². The van der Waals surface area contributed by atoms with Crippen molar-refractivity contribution in [3.05, 3.63) is 59.7 Å². The third kappa shape index (κ3) is 4.81. The third-order valence-corrected chi connectivity index (χ3v) is 2.43. The molecule has 0 amide bonds. The maximum atomic E-state index is 5.87. The van der Waals surface area contributed by atoms with E-state index in [1.807, 2.05) is 54.6 Å². The van der Waals surface area contributed by atoms with Gasteiger partial charge < -0.3 is 11.5 Å². The Balaban J connectivity index is 0.00000144. The third-order valence-electron chi connectivity index (χ3n) is 2.43. The van der Waals surface area contributed by atoms with Gasteiger partial charge in [0.05, 0.1) is 11.4 Å². The second-order valence-electron chi connectivity index (χ2n) is 3.59. The molecule has 18 heavy (non-hydrogen) atoms. The molecule has 4 N–H and O–H groups in total. The van der Waals surface area contributed by atoms with Crippen LogP contribution in [-0.2, 0) is 0 Å². The zero-order valence-corrected chi connectivity index (χ0v) is 8.93. The Morgan fingerprint density at radius 1 is 0.722 bits per heavy atom. The van der Waals surface area contributed by atoms with Gasteiger partial charge in [-0.05, 0) is 17.2 Å². The van der Waals surface area contributed by atoms with Crippen LogP contribution in [0, 0.1) is 0 Å². The van der Waals surface area contributed by atoms with Gasteiger partial charge in [-0.25, -0.2) is 0 Å². The Morgan fingerprint density at radius 3 is 2.06 bits per heavy atom. The second kappa shape index (κ2) is 8.81. The number of nitrogens with two attached hydrogens (primary N) is 2. The normalized spacial score (nSPS) is 9.56. The molecular formula is C14H16N2Na2. The number of hydrogen-bond acceptors (Lipinski definition) is 2. The van der Waals surface area contributed by atoms with Gasteiger partial charge in [0.15, 0.2) is 0 Å². The summed E-state index contributed by atoms with van der Waals surface area (Å²) in [6.07, 6.45) is 3.99. The fourth-order valence-corrected chi connectivity index (χ4v) is 1.50. The van der Waals surface area contributed by atoms with E-state index in [2.05, 4.69) is 0 Å². The van der Waals surface area contributed by atoms with Gasteiger partial charge in [-0.15, -0.1) is 0 Å². The standard InChI is InChI=1S/C14H14N2.2Na.2H/c15-13-8-4-7-12(14(13)16)10-9-11-5-2-1-3-6-11;;;;/h1-10H,15-16H2;;;;. The van der Waals surface area contributed by atoms with Gasteiger partial charge in [0.1, 0.15) is 0 Å². The van der Waals surface area contributed by atoms with Crippen LogP contribution in [0.5, 0.6) is 0 Å². The molecule has 4 heteroatoms. The van der Waals surface area contributed by atoms with Crippen molar-refractivity contribution in [1.82, 2.24) is 0 Å². The van der Waals surface area contributed by atoms with Crippen molar-refractivity contribution < 1.29 is 0 Å². The van der Waals surface area contributed by atoms with Crippen molar-refractivity contribution >= 4 is 82.6 Å². The van der Waals surface area contributed by atoms with Crippen LogP contribution >= 0.6 is 0 Å². The summed E-state index contributed by atoms with van der Waals surface area (Å²) in [7, 11) is 0. The van der Waals surface area contributed by atoms with Crippen molar-refractivity contribution in [3.8, 4) is 0 Å². The Kier molecular flexibility index (Phi) is 8.70. The maximum absolute atomic E-state index is 5.87. The van der Waals surface area contributed by atoms with E-state index in [1.165, 1.54) is 0 Å². The molecule has 0 fully saturated rings. The average molecular weight is 258 g/mol. The zero-order chi connectivity index (χ0) is 11.4. The number of anilines is 2. The number of benzene rings is 2. The van der Waals surface area contributed by atoms with E-state index in [1.54, 1.807) is 6.07 Å². The fourth-order valence-electron chi connectivity index (χ4n) is 1.50. The SMILES string of the molecule is Nc1cccc(C=Cc2ccccc2)c1N.[NaH].[NaH]. The van der Waals surface area contributed by atoms with E-state index in [0.717, 1.165) is 11.1 Å². The summed E-state index contributed by atoms with van der Waals surface area (Å²) in [5.41, 5.74) is 14.9. The Hall–Kier alpha value is -0.220. The Bertz CT molecular complexity index is 510. The predicted molar refractivity (Wildman–Crippen MR) is 84.9 cm³/mol. The Morgan fingerprint density at radius 2 is 1.39 bits per heavy atom. The van der Waals surface area contributed by atoms with Crippen molar-refractivity contribution in [2.75, 3.05) is 11.5 Å². The monoisotopic (exact) mass is 258 g/mol. The molecular weight excluding hydrogens is 242 g/mol. The first kappa shape index (κ1) is 17.8. The quantitative estimate of drug-likeness (QED) is 0.489. The van der Waals surface area contributed by atoms with Gasteiger partial charge in [0.25, 0.3) is 0 Å². The molecule has 0 saturated heterocycles. The molecule has 0 aliphatic heterocycles. The number of para-hydroxylation sites is 1. The molecule has 2 nitrogen and oxygen atoms in total. The van der Waals surface area contributed by atoms with Crippen LogP contribution in [0.25, 0.3) is 12.2 Å². The molecule has 0 saturated carbocycles. The molecule has 2 aromatic carbocycles. The van der Waals surface area contributed by atoms with Crippen LogP contribution in [0.2, 0.25) is 0 Å². The molecule has 0 aromatic heterocycles. The van der Waals surface area contributed by atoms with Crippen LogP contribution < -0.4 is 11.5 Å². The first-order valence-corrected chi connectivity index (χ1v) is 5.14. The van der Waals surface area contributed by atoms with E-state index in [0.29, 0.717) is 11.4 Å². The second-order valence-corrected chi connectivity index (χ2v) is 3.59. The van der Waals surface area contributed by atoms with E-state index in [9.17, 15) is 0 Å². The number of rotatable bonds is 2.